The highest BCUT2D eigenvalue weighted by Crippen LogP contribution is 2.20. The fraction of sp³-hybridized carbons (Fsp3) is 0.562. The summed E-state index contributed by atoms with van der Waals surface area (Å²) in [6.45, 7) is 8.88. The van der Waals surface area contributed by atoms with Crippen LogP contribution in [0.5, 0.6) is 0 Å². The number of hydrogen-bond donors (Lipinski definition) is 1. The molecule has 0 aliphatic carbocycles. The standard InChI is InChI=1S/C16H24N2O/c1-4-14-5-7-15(8-6-14)13(3)16(19)18-10-9-17-11-12(18)2/h5-8,12-13,17H,4,9-11H2,1-3H3/t12-,13?/m1/s1. The second-order valence-electron chi connectivity index (χ2n) is 5.40. The van der Waals surface area contributed by atoms with E-state index in [2.05, 4.69) is 43.4 Å². The van der Waals surface area contributed by atoms with Gasteiger partial charge in [0.05, 0.1) is 5.92 Å². The van der Waals surface area contributed by atoms with Crippen LogP contribution in [0.25, 0.3) is 0 Å². The van der Waals surface area contributed by atoms with Crippen LogP contribution in [0, 0.1) is 0 Å². The summed E-state index contributed by atoms with van der Waals surface area (Å²) in [6.07, 6.45) is 1.04. The summed E-state index contributed by atoms with van der Waals surface area (Å²) in [5.74, 6) is 0.199. The molecule has 2 atom stereocenters. The van der Waals surface area contributed by atoms with Gasteiger partial charge in [0.2, 0.25) is 5.91 Å². The van der Waals surface area contributed by atoms with E-state index in [0.29, 0.717) is 6.04 Å². The fourth-order valence-electron chi connectivity index (χ4n) is 2.60. The minimum atomic E-state index is -0.0496. The van der Waals surface area contributed by atoms with Crippen molar-refractivity contribution in [2.45, 2.75) is 39.2 Å². The summed E-state index contributed by atoms with van der Waals surface area (Å²) < 4.78 is 0. The van der Waals surface area contributed by atoms with Crippen LogP contribution in [-0.2, 0) is 11.2 Å². The molecule has 1 aromatic rings. The summed E-state index contributed by atoms with van der Waals surface area (Å²) in [5, 5.41) is 3.32. The number of rotatable bonds is 3. The van der Waals surface area contributed by atoms with E-state index in [1.54, 1.807) is 0 Å². The number of carbonyl (C=O) groups is 1. The van der Waals surface area contributed by atoms with Gasteiger partial charge in [0.1, 0.15) is 0 Å². The lowest BCUT2D eigenvalue weighted by molar-refractivity contribution is -0.135. The van der Waals surface area contributed by atoms with Crippen LogP contribution in [-0.4, -0.2) is 36.5 Å². The first-order valence-corrected chi connectivity index (χ1v) is 7.23. The number of benzene rings is 1. The normalized spacial score (nSPS) is 21.2. The van der Waals surface area contributed by atoms with E-state index in [1.807, 2.05) is 11.8 Å². The zero-order valence-corrected chi connectivity index (χ0v) is 12.1. The molecule has 19 heavy (non-hydrogen) atoms. The monoisotopic (exact) mass is 260 g/mol. The third-order valence-corrected chi connectivity index (χ3v) is 4.04. The van der Waals surface area contributed by atoms with E-state index < -0.39 is 0 Å². The van der Waals surface area contributed by atoms with Crippen molar-refractivity contribution in [3.05, 3.63) is 35.4 Å². The summed E-state index contributed by atoms with van der Waals surface area (Å²) >= 11 is 0. The van der Waals surface area contributed by atoms with Crippen LogP contribution in [0.15, 0.2) is 24.3 Å². The highest BCUT2D eigenvalue weighted by molar-refractivity contribution is 5.83. The van der Waals surface area contributed by atoms with Crippen LogP contribution in [0.1, 0.15) is 37.8 Å². The molecular weight excluding hydrogens is 236 g/mol. The Morgan fingerprint density at radius 1 is 1.42 bits per heavy atom. The molecule has 104 valence electrons. The van der Waals surface area contributed by atoms with Crippen molar-refractivity contribution in [1.82, 2.24) is 10.2 Å². The molecule has 1 aromatic carbocycles. The van der Waals surface area contributed by atoms with Crippen molar-refractivity contribution in [2.24, 2.45) is 0 Å². The third-order valence-electron chi connectivity index (χ3n) is 4.04. The van der Waals surface area contributed by atoms with Crippen LogP contribution in [0.3, 0.4) is 0 Å². The number of aryl methyl sites for hydroxylation is 1. The topological polar surface area (TPSA) is 32.3 Å². The Morgan fingerprint density at radius 3 is 2.68 bits per heavy atom. The number of hydrogen-bond acceptors (Lipinski definition) is 2. The predicted molar refractivity (Wildman–Crippen MR) is 78.3 cm³/mol. The first-order valence-electron chi connectivity index (χ1n) is 7.23. The number of nitrogens with zero attached hydrogens (tertiary/aromatic N) is 1. The van der Waals surface area contributed by atoms with Crippen LogP contribution < -0.4 is 5.32 Å². The maximum atomic E-state index is 12.6. The van der Waals surface area contributed by atoms with Crippen LogP contribution >= 0.6 is 0 Å². The zero-order valence-electron chi connectivity index (χ0n) is 12.1. The van der Waals surface area contributed by atoms with E-state index in [1.165, 1.54) is 5.56 Å². The summed E-state index contributed by atoms with van der Waals surface area (Å²) in [4.78, 5) is 14.6. The van der Waals surface area contributed by atoms with Crippen LogP contribution in [0.2, 0.25) is 0 Å². The van der Waals surface area contributed by atoms with Crippen molar-refractivity contribution in [1.29, 1.82) is 0 Å². The maximum absolute atomic E-state index is 12.6. The second-order valence-corrected chi connectivity index (χ2v) is 5.40. The summed E-state index contributed by atoms with van der Waals surface area (Å²) in [6, 6.07) is 8.72. The lowest BCUT2D eigenvalue weighted by Crippen LogP contribution is -2.53. The molecule has 3 heteroatoms. The maximum Gasteiger partial charge on any atom is 0.230 e. The molecule has 1 amide bonds. The first-order chi connectivity index (χ1) is 9.13. The lowest BCUT2D eigenvalue weighted by Gasteiger charge is -2.35. The molecule has 1 aliphatic rings. The SMILES string of the molecule is CCc1ccc(C(C)C(=O)N2CCNC[C@H]2C)cc1. The number of carbonyl (C=O) groups excluding carboxylic acids is 1. The van der Waals surface area contributed by atoms with E-state index in [4.69, 9.17) is 0 Å². The van der Waals surface area contributed by atoms with Gasteiger partial charge in [-0.05, 0) is 31.4 Å². The molecule has 1 heterocycles. The van der Waals surface area contributed by atoms with Crippen molar-refractivity contribution in [3.8, 4) is 0 Å². The average molecular weight is 260 g/mol. The van der Waals surface area contributed by atoms with Crippen molar-refractivity contribution in [2.75, 3.05) is 19.6 Å². The highest BCUT2D eigenvalue weighted by atomic mass is 16.2. The minimum absolute atomic E-state index is 0.0496. The van der Waals surface area contributed by atoms with Gasteiger partial charge in [0.15, 0.2) is 0 Å². The molecule has 2 rings (SSSR count). The Labute approximate surface area is 116 Å². The molecule has 0 aromatic heterocycles. The van der Waals surface area contributed by atoms with Gasteiger partial charge in [-0.3, -0.25) is 4.79 Å². The van der Waals surface area contributed by atoms with Crippen molar-refractivity contribution < 1.29 is 4.79 Å². The van der Waals surface area contributed by atoms with Gasteiger partial charge in [0.25, 0.3) is 0 Å². The Balaban J connectivity index is 2.08. The molecule has 3 nitrogen and oxygen atoms in total. The van der Waals surface area contributed by atoms with Crippen LogP contribution in [0.4, 0.5) is 0 Å². The quantitative estimate of drug-likeness (QED) is 0.903. The number of amides is 1. The number of piperazine rings is 1. The molecule has 0 bridgehead atoms. The van der Waals surface area contributed by atoms with Gasteiger partial charge in [-0.15, -0.1) is 0 Å². The molecule has 1 saturated heterocycles. The molecule has 1 N–H and O–H groups in total. The first kappa shape index (κ1) is 14.1. The summed E-state index contributed by atoms with van der Waals surface area (Å²) in [5.41, 5.74) is 2.44. The highest BCUT2D eigenvalue weighted by Gasteiger charge is 2.27. The Kier molecular flexibility index (Phi) is 4.59. The second kappa shape index (κ2) is 6.20. The van der Waals surface area contributed by atoms with E-state index in [-0.39, 0.29) is 11.8 Å². The Hall–Kier alpha value is -1.35. The summed E-state index contributed by atoms with van der Waals surface area (Å²) in [7, 11) is 0. The molecule has 1 fully saturated rings. The molecular formula is C16H24N2O. The molecule has 0 radical (unpaired) electrons. The van der Waals surface area contributed by atoms with Gasteiger partial charge in [-0.25, -0.2) is 0 Å². The van der Waals surface area contributed by atoms with Crippen molar-refractivity contribution >= 4 is 5.91 Å². The number of nitrogens with one attached hydrogen (secondary N) is 1. The van der Waals surface area contributed by atoms with Gasteiger partial charge >= 0.3 is 0 Å². The van der Waals surface area contributed by atoms with Gasteiger partial charge in [0, 0.05) is 25.7 Å². The van der Waals surface area contributed by atoms with Gasteiger partial charge in [-0.2, -0.15) is 0 Å². The van der Waals surface area contributed by atoms with Gasteiger partial charge in [-0.1, -0.05) is 31.2 Å². The molecule has 1 aliphatic heterocycles. The largest absolute Gasteiger partial charge is 0.337 e. The molecule has 0 spiro atoms. The van der Waals surface area contributed by atoms with Crippen molar-refractivity contribution in [3.63, 3.8) is 0 Å². The Morgan fingerprint density at radius 2 is 2.11 bits per heavy atom. The lowest BCUT2D eigenvalue weighted by atomic mass is 9.97. The smallest absolute Gasteiger partial charge is 0.230 e. The van der Waals surface area contributed by atoms with E-state index >= 15 is 0 Å². The third kappa shape index (κ3) is 3.16. The minimum Gasteiger partial charge on any atom is -0.337 e. The van der Waals surface area contributed by atoms with Gasteiger partial charge < -0.3 is 10.2 Å². The molecule has 0 saturated carbocycles. The van der Waals surface area contributed by atoms with E-state index in [0.717, 1.165) is 31.6 Å². The average Bonchev–Trinajstić information content (AvgIpc) is 2.46. The van der Waals surface area contributed by atoms with E-state index in [9.17, 15) is 4.79 Å². The Bertz CT molecular complexity index is 427. The zero-order chi connectivity index (χ0) is 13.8. The molecule has 1 unspecified atom stereocenters. The predicted octanol–water partition coefficient (Wildman–Crippen LogP) is 2.17. The fourth-order valence-corrected chi connectivity index (χ4v) is 2.60.